The Morgan fingerprint density at radius 3 is 2.75 bits per heavy atom. The first-order valence-electron chi connectivity index (χ1n) is 5.87. The molecule has 1 atom stereocenters. The van der Waals surface area contributed by atoms with Gasteiger partial charge < -0.3 is 14.5 Å². The molecule has 6 heteroatoms. The normalized spacial score (nSPS) is 12.2. The first-order valence-corrected chi connectivity index (χ1v) is 7.32. The molecule has 0 saturated heterocycles. The number of carbonyl (C=O) groups excluding carboxylic acids is 1. The van der Waals surface area contributed by atoms with Crippen LogP contribution < -0.4 is 5.32 Å². The fourth-order valence-corrected chi connectivity index (χ4v) is 2.41. The molecule has 0 amide bonds. The molecule has 0 fully saturated rings. The maximum Gasteiger partial charge on any atom is 0.373 e. The summed E-state index contributed by atoms with van der Waals surface area (Å²) in [4.78, 5) is 11.4. The summed E-state index contributed by atoms with van der Waals surface area (Å²) in [5.74, 6) is 0.316. The minimum Gasteiger partial charge on any atom is -0.463 e. The van der Waals surface area contributed by atoms with Gasteiger partial charge in [0.15, 0.2) is 0 Å². The second kappa shape index (κ2) is 6.60. The monoisotopic (exact) mass is 405 g/mol. The van der Waals surface area contributed by atoms with Gasteiger partial charge in [0.1, 0.15) is 5.76 Å². The summed E-state index contributed by atoms with van der Waals surface area (Å²) >= 11 is 8.31. The Kier molecular flexibility index (Phi) is 5.06. The van der Waals surface area contributed by atoms with Gasteiger partial charge in [0.25, 0.3) is 0 Å². The second-order valence-corrected chi connectivity index (χ2v) is 5.66. The van der Waals surface area contributed by atoms with Crippen molar-refractivity contribution in [2.45, 2.75) is 6.04 Å². The van der Waals surface area contributed by atoms with Crippen LogP contribution in [0.5, 0.6) is 0 Å². The number of nitrogens with one attached hydrogen (secondary N) is 1. The van der Waals surface area contributed by atoms with Gasteiger partial charge in [0, 0.05) is 3.57 Å². The summed E-state index contributed by atoms with van der Waals surface area (Å²) in [7, 11) is 3.13. The molecule has 1 heterocycles. The molecule has 106 valence electrons. The van der Waals surface area contributed by atoms with E-state index in [4.69, 9.17) is 16.0 Å². The number of ether oxygens (including phenoxy) is 1. The average molecular weight is 406 g/mol. The van der Waals surface area contributed by atoms with Gasteiger partial charge in [-0.15, -0.1) is 0 Å². The number of halogens is 2. The Labute approximate surface area is 135 Å². The maximum atomic E-state index is 11.4. The van der Waals surface area contributed by atoms with Crippen molar-refractivity contribution >= 4 is 40.2 Å². The van der Waals surface area contributed by atoms with Crippen LogP contribution in [0.25, 0.3) is 0 Å². The number of furan rings is 1. The highest BCUT2D eigenvalue weighted by molar-refractivity contribution is 14.1. The molecule has 1 aromatic heterocycles. The highest BCUT2D eigenvalue weighted by Gasteiger charge is 2.19. The van der Waals surface area contributed by atoms with Crippen molar-refractivity contribution in [3.63, 3.8) is 0 Å². The third-order valence-corrected chi connectivity index (χ3v) is 4.44. The summed E-state index contributed by atoms with van der Waals surface area (Å²) in [5.41, 5.74) is 0.962. The van der Waals surface area contributed by atoms with E-state index in [1.807, 2.05) is 25.2 Å². The van der Waals surface area contributed by atoms with Crippen LogP contribution in [0.3, 0.4) is 0 Å². The van der Waals surface area contributed by atoms with Gasteiger partial charge in [-0.3, -0.25) is 0 Å². The number of hydrogen-bond donors (Lipinski definition) is 1. The Morgan fingerprint density at radius 2 is 2.15 bits per heavy atom. The van der Waals surface area contributed by atoms with Crippen molar-refractivity contribution < 1.29 is 13.9 Å². The molecule has 0 aliphatic carbocycles. The molecule has 2 rings (SSSR count). The summed E-state index contributed by atoms with van der Waals surface area (Å²) in [5, 5.41) is 3.83. The molecule has 0 spiro atoms. The molecule has 0 bridgehead atoms. The molecule has 1 aromatic carbocycles. The van der Waals surface area contributed by atoms with Gasteiger partial charge in [0.05, 0.1) is 18.2 Å². The van der Waals surface area contributed by atoms with E-state index in [9.17, 15) is 4.79 Å². The minimum absolute atomic E-state index is 0.178. The molecular formula is C14H13ClINO3. The predicted molar refractivity (Wildman–Crippen MR) is 85.1 cm³/mol. The van der Waals surface area contributed by atoms with Crippen molar-refractivity contribution in [2.24, 2.45) is 0 Å². The van der Waals surface area contributed by atoms with E-state index < -0.39 is 5.97 Å². The number of rotatable bonds is 4. The van der Waals surface area contributed by atoms with E-state index in [1.54, 1.807) is 12.1 Å². The molecular weight excluding hydrogens is 393 g/mol. The molecule has 0 radical (unpaired) electrons. The highest BCUT2D eigenvalue weighted by atomic mass is 127. The van der Waals surface area contributed by atoms with E-state index in [2.05, 4.69) is 32.6 Å². The van der Waals surface area contributed by atoms with Gasteiger partial charge in [0.2, 0.25) is 5.76 Å². The van der Waals surface area contributed by atoms with Gasteiger partial charge >= 0.3 is 5.97 Å². The van der Waals surface area contributed by atoms with Crippen LogP contribution in [0.15, 0.2) is 34.7 Å². The second-order valence-electron chi connectivity index (χ2n) is 4.09. The third-order valence-electron chi connectivity index (χ3n) is 2.86. The first-order chi connectivity index (χ1) is 9.56. The van der Waals surface area contributed by atoms with Crippen LogP contribution >= 0.6 is 34.2 Å². The van der Waals surface area contributed by atoms with Gasteiger partial charge in [-0.1, -0.05) is 17.7 Å². The van der Waals surface area contributed by atoms with Crippen molar-refractivity contribution in [3.05, 3.63) is 56.0 Å². The molecule has 1 N–H and O–H groups in total. The minimum atomic E-state index is -0.494. The van der Waals surface area contributed by atoms with Gasteiger partial charge in [-0.2, -0.15) is 0 Å². The summed E-state index contributed by atoms with van der Waals surface area (Å²) < 4.78 is 11.1. The standard InChI is InChI=1S/C14H13ClINO3/c1-17-13(8-3-4-10(16)9(15)7-8)11-5-6-12(20-11)14(18)19-2/h3-7,13,17H,1-2H3. The largest absolute Gasteiger partial charge is 0.463 e. The Bertz CT molecular complexity index is 627. The fourth-order valence-electron chi connectivity index (χ4n) is 1.88. The molecule has 0 aliphatic rings. The topological polar surface area (TPSA) is 51.5 Å². The maximum absolute atomic E-state index is 11.4. The fraction of sp³-hybridized carbons (Fsp3) is 0.214. The van der Waals surface area contributed by atoms with E-state index in [0.29, 0.717) is 10.8 Å². The SMILES string of the molecule is CNC(c1ccc(I)c(Cl)c1)c1ccc(C(=O)OC)o1. The molecule has 20 heavy (non-hydrogen) atoms. The number of methoxy groups -OCH3 is 1. The van der Waals surface area contributed by atoms with Crippen LogP contribution in [0.1, 0.15) is 27.9 Å². The Morgan fingerprint density at radius 1 is 1.40 bits per heavy atom. The van der Waals surface area contributed by atoms with E-state index >= 15 is 0 Å². The van der Waals surface area contributed by atoms with Crippen LogP contribution in [0.4, 0.5) is 0 Å². The number of carbonyl (C=O) groups is 1. The number of benzene rings is 1. The van der Waals surface area contributed by atoms with Crippen molar-refractivity contribution in [3.8, 4) is 0 Å². The summed E-state index contributed by atoms with van der Waals surface area (Å²) in [6.07, 6.45) is 0. The smallest absolute Gasteiger partial charge is 0.373 e. The first kappa shape index (κ1) is 15.3. The quantitative estimate of drug-likeness (QED) is 0.623. The van der Waals surface area contributed by atoms with E-state index in [1.165, 1.54) is 7.11 Å². The van der Waals surface area contributed by atoms with Crippen molar-refractivity contribution in [1.82, 2.24) is 5.32 Å². The van der Waals surface area contributed by atoms with Crippen LogP contribution in [-0.4, -0.2) is 20.1 Å². The van der Waals surface area contributed by atoms with Crippen molar-refractivity contribution in [2.75, 3.05) is 14.2 Å². The molecule has 2 aromatic rings. The van der Waals surface area contributed by atoms with Gasteiger partial charge in [-0.05, 0) is 59.5 Å². The predicted octanol–water partition coefficient (Wildman–Crippen LogP) is 3.63. The Hall–Kier alpha value is -1.05. The number of esters is 1. The van der Waals surface area contributed by atoms with E-state index in [0.717, 1.165) is 9.13 Å². The average Bonchev–Trinajstić information content (AvgIpc) is 2.92. The Balaban J connectivity index is 2.34. The van der Waals surface area contributed by atoms with Crippen molar-refractivity contribution in [1.29, 1.82) is 0 Å². The zero-order chi connectivity index (χ0) is 14.7. The zero-order valence-corrected chi connectivity index (χ0v) is 13.9. The lowest BCUT2D eigenvalue weighted by atomic mass is 10.1. The summed E-state index contributed by atoms with van der Waals surface area (Å²) in [6.45, 7) is 0. The highest BCUT2D eigenvalue weighted by Crippen LogP contribution is 2.28. The number of hydrogen-bond acceptors (Lipinski definition) is 4. The molecule has 4 nitrogen and oxygen atoms in total. The van der Waals surface area contributed by atoms with E-state index in [-0.39, 0.29) is 11.8 Å². The lowest BCUT2D eigenvalue weighted by Crippen LogP contribution is -2.17. The van der Waals surface area contributed by atoms with Crippen LogP contribution in [-0.2, 0) is 4.74 Å². The van der Waals surface area contributed by atoms with Crippen LogP contribution in [0, 0.1) is 3.57 Å². The lowest BCUT2D eigenvalue weighted by Gasteiger charge is -2.14. The zero-order valence-electron chi connectivity index (χ0n) is 10.9. The van der Waals surface area contributed by atoms with Crippen LogP contribution in [0.2, 0.25) is 5.02 Å². The molecule has 1 unspecified atom stereocenters. The molecule has 0 saturated carbocycles. The third kappa shape index (κ3) is 3.16. The summed E-state index contributed by atoms with van der Waals surface area (Å²) in [6, 6.07) is 8.95. The molecule has 0 aliphatic heterocycles. The lowest BCUT2D eigenvalue weighted by molar-refractivity contribution is 0.0562. The van der Waals surface area contributed by atoms with Gasteiger partial charge in [-0.25, -0.2) is 4.79 Å².